The number of cyclic esters (lactones) is 1. The Kier molecular flexibility index (Phi) is 7.94. The number of halogens is 2. The average molecular weight is 606 g/mol. The summed E-state index contributed by atoms with van der Waals surface area (Å²) in [5, 5.41) is 9.44. The lowest BCUT2D eigenvalue weighted by atomic mass is 9.78. The monoisotopic (exact) mass is 605 g/mol. The molecule has 1 N–H and O–H groups in total. The van der Waals surface area contributed by atoms with Crippen LogP contribution >= 0.6 is 0 Å². The number of alkyl halides is 2. The molecular weight excluding hydrogens is 568 g/mol. The lowest BCUT2D eigenvalue weighted by Gasteiger charge is -2.39. The van der Waals surface area contributed by atoms with Crippen molar-refractivity contribution in [2.45, 2.75) is 70.1 Å². The number of carbonyl (C=O) groups is 2. The molecule has 0 unspecified atom stereocenters. The quantitative estimate of drug-likeness (QED) is 0.297. The van der Waals surface area contributed by atoms with E-state index in [1.54, 1.807) is 18.1 Å². The van der Waals surface area contributed by atoms with Crippen LogP contribution in [0.3, 0.4) is 0 Å². The van der Waals surface area contributed by atoms with Crippen molar-refractivity contribution in [2.24, 2.45) is 5.92 Å². The van der Waals surface area contributed by atoms with E-state index in [0.717, 1.165) is 40.7 Å². The van der Waals surface area contributed by atoms with Crippen molar-refractivity contribution in [1.29, 1.82) is 0 Å². The van der Waals surface area contributed by atoms with Gasteiger partial charge in [0.1, 0.15) is 17.7 Å². The van der Waals surface area contributed by atoms with Gasteiger partial charge in [-0.1, -0.05) is 35.9 Å². The lowest BCUT2D eigenvalue weighted by molar-refractivity contribution is -0.142. The molecule has 6 rings (SSSR count). The van der Waals surface area contributed by atoms with Gasteiger partial charge in [0.05, 0.1) is 44.4 Å². The van der Waals surface area contributed by atoms with Crippen LogP contribution in [0.5, 0.6) is 5.75 Å². The Morgan fingerprint density at radius 3 is 2.45 bits per heavy atom. The van der Waals surface area contributed by atoms with Crippen molar-refractivity contribution in [3.05, 3.63) is 77.0 Å². The van der Waals surface area contributed by atoms with Crippen LogP contribution in [0, 0.1) is 12.8 Å². The van der Waals surface area contributed by atoms with Gasteiger partial charge in [-0.15, -0.1) is 0 Å². The standard InChI is InChI=1S/C34H37F2N3O5/c1-20-5-4-6-25(15-20)31-21(2)39(33(42)44-31)17-28-26(12-14-30(37-28)38-18-34(35,36)19-38)27-16-24(11-13-29(27)43-3)22-7-9-23(10-8-22)32(40)41/h4-6,11-16,21-23,31H,7-10,17-19H2,1-3H3,(H,40,41)/t21-,22-,23-,31-/m0/s1. The van der Waals surface area contributed by atoms with E-state index in [9.17, 15) is 23.5 Å². The number of carboxylic acids is 1. The number of pyridine rings is 1. The average Bonchev–Trinajstić information content (AvgIpc) is 3.28. The SMILES string of the molecule is COc1ccc([C@H]2CC[C@H](C(=O)O)CC2)cc1-c1ccc(N2CC(F)(F)C2)nc1CN1C(=O)O[C@H](c2cccc(C)c2)[C@@H]1C. The smallest absolute Gasteiger partial charge is 0.411 e. The first-order chi connectivity index (χ1) is 21.0. The molecule has 1 amide bonds. The minimum absolute atomic E-state index is 0.118. The summed E-state index contributed by atoms with van der Waals surface area (Å²) in [6, 6.07) is 17.2. The van der Waals surface area contributed by atoms with E-state index >= 15 is 0 Å². The maximum atomic E-state index is 13.8. The predicted octanol–water partition coefficient (Wildman–Crippen LogP) is 6.96. The van der Waals surface area contributed by atoms with Gasteiger partial charge in [0.2, 0.25) is 0 Å². The number of benzene rings is 2. The number of anilines is 1. The predicted molar refractivity (Wildman–Crippen MR) is 161 cm³/mol. The Labute approximate surface area is 255 Å². The number of hydrogen-bond acceptors (Lipinski definition) is 6. The molecule has 1 aromatic heterocycles. The summed E-state index contributed by atoms with van der Waals surface area (Å²) in [5.41, 5.74) is 5.12. The zero-order chi connectivity index (χ0) is 31.2. The van der Waals surface area contributed by atoms with Crippen LogP contribution in [-0.2, 0) is 16.1 Å². The van der Waals surface area contributed by atoms with Crippen LogP contribution in [0.4, 0.5) is 19.4 Å². The molecule has 2 aliphatic heterocycles. The Morgan fingerprint density at radius 1 is 1.05 bits per heavy atom. The van der Waals surface area contributed by atoms with Crippen LogP contribution in [0.15, 0.2) is 54.6 Å². The van der Waals surface area contributed by atoms with Crippen molar-refractivity contribution in [2.75, 3.05) is 25.1 Å². The van der Waals surface area contributed by atoms with Crippen LogP contribution < -0.4 is 9.64 Å². The molecule has 3 aliphatic rings. The number of carbonyl (C=O) groups excluding carboxylic acids is 1. The van der Waals surface area contributed by atoms with E-state index in [-0.39, 0.29) is 24.4 Å². The second-order valence-corrected chi connectivity index (χ2v) is 12.3. The molecular formula is C34H37F2N3O5. The first-order valence-electron chi connectivity index (χ1n) is 15.1. The minimum Gasteiger partial charge on any atom is -0.496 e. The molecule has 0 radical (unpaired) electrons. The Hall–Kier alpha value is -4.21. The van der Waals surface area contributed by atoms with Crippen molar-refractivity contribution < 1.29 is 33.0 Å². The zero-order valence-corrected chi connectivity index (χ0v) is 25.1. The summed E-state index contributed by atoms with van der Waals surface area (Å²) in [5.74, 6) is -2.56. The highest BCUT2D eigenvalue weighted by Gasteiger charge is 2.45. The normalized spacial score (nSPS) is 24.5. The maximum Gasteiger partial charge on any atom is 0.411 e. The van der Waals surface area contributed by atoms with E-state index in [1.807, 2.05) is 56.3 Å². The second-order valence-electron chi connectivity index (χ2n) is 12.3. The fourth-order valence-electron chi connectivity index (χ4n) is 6.74. The van der Waals surface area contributed by atoms with Crippen LogP contribution in [0.25, 0.3) is 11.1 Å². The third kappa shape index (κ3) is 5.81. The van der Waals surface area contributed by atoms with Crippen molar-refractivity contribution in [1.82, 2.24) is 9.88 Å². The Bertz CT molecular complexity index is 1560. The van der Waals surface area contributed by atoms with Gasteiger partial charge in [-0.3, -0.25) is 9.69 Å². The van der Waals surface area contributed by atoms with E-state index < -0.39 is 37.2 Å². The molecule has 10 heteroatoms. The number of aliphatic carboxylic acids is 1. The second kappa shape index (κ2) is 11.7. The fourth-order valence-corrected chi connectivity index (χ4v) is 6.74. The van der Waals surface area contributed by atoms with Crippen LogP contribution in [-0.4, -0.2) is 59.2 Å². The summed E-state index contributed by atoms with van der Waals surface area (Å²) in [6.07, 6.45) is 1.87. The van der Waals surface area contributed by atoms with Crippen molar-refractivity contribution in [3.8, 4) is 16.9 Å². The topological polar surface area (TPSA) is 92.2 Å². The van der Waals surface area contributed by atoms with Gasteiger partial charge >= 0.3 is 12.1 Å². The van der Waals surface area contributed by atoms with E-state index in [0.29, 0.717) is 30.1 Å². The molecule has 3 fully saturated rings. The van der Waals surface area contributed by atoms with Crippen LogP contribution in [0.1, 0.15) is 67.0 Å². The number of hydrogen-bond donors (Lipinski definition) is 1. The summed E-state index contributed by atoms with van der Waals surface area (Å²) in [6.45, 7) is 3.23. The molecule has 8 nitrogen and oxygen atoms in total. The van der Waals surface area contributed by atoms with Gasteiger partial charge in [-0.2, -0.15) is 0 Å². The minimum atomic E-state index is -2.76. The van der Waals surface area contributed by atoms with Gasteiger partial charge in [0.15, 0.2) is 0 Å². The summed E-state index contributed by atoms with van der Waals surface area (Å²) in [7, 11) is 1.59. The number of ether oxygens (including phenoxy) is 2. The first-order valence-corrected chi connectivity index (χ1v) is 15.1. The Balaban J connectivity index is 1.35. The molecule has 3 heterocycles. The zero-order valence-electron chi connectivity index (χ0n) is 25.1. The molecule has 2 aromatic carbocycles. The maximum absolute atomic E-state index is 13.8. The third-order valence-corrected chi connectivity index (χ3v) is 9.27. The molecule has 232 valence electrons. The molecule has 2 atom stereocenters. The number of aromatic nitrogens is 1. The fraction of sp³-hybridized carbons (Fsp3) is 0.441. The van der Waals surface area contributed by atoms with Gasteiger partial charge < -0.3 is 19.5 Å². The van der Waals surface area contributed by atoms with Gasteiger partial charge in [-0.05, 0) is 80.8 Å². The van der Waals surface area contributed by atoms with Gasteiger partial charge in [0, 0.05) is 11.1 Å². The summed E-state index contributed by atoms with van der Waals surface area (Å²) >= 11 is 0. The van der Waals surface area contributed by atoms with E-state index in [2.05, 4.69) is 6.07 Å². The Morgan fingerprint density at radius 2 is 1.80 bits per heavy atom. The van der Waals surface area contributed by atoms with E-state index in [4.69, 9.17) is 14.5 Å². The summed E-state index contributed by atoms with van der Waals surface area (Å²) in [4.78, 5) is 32.7. The molecule has 1 saturated carbocycles. The van der Waals surface area contributed by atoms with Gasteiger partial charge in [0.25, 0.3) is 5.92 Å². The number of rotatable bonds is 8. The number of aryl methyl sites for hydroxylation is 1. The highest BCUT2D eigenvalue weighted by atomic mass is 19.3. The molecule has 0 spiro atoms. The number of amides is 1. The third-order valence-electron chi connectivity index (χ3n) is 9.27. The molecule has 44 heavy (non-hydrogen) atoms. The number of nitrogens with zero attached hydrogens (tertiary/aromatic N) is 3. The van der Waals surface area contributed by atoms with Crippen molar-refractivity contribution in [3.63, 3.8) is 0 Å². The molecule has 1 aliphatic carbocycles. The largest absolute Gasteiger partial charge is 0.496 e. The summed E-state index contributed by atoms with van der Waals surface area (Å²) < 4.78 is 39.2. The van der Waals surface area contributed by atoms with Crippen molar-refractivity contribution >= 4 is 17.9 Å². The number of methoxy groups -OCH3 is 1. The number of carboxylic acid groups (broad SMARTS) is 1. The molecule has 0 bridgehead atoms. The van der Waals surface area contributed by atoms with Crippen LogP contribution in [0.2, 0.25) is 0 Å². The molecule has 2 saturated heterocycles. The van der Waals surface area contributed by atoms with Gasteiger partial charge in [-0.25, -0.2) is 18.6 Å². The van der Waals surface area contributed by atoms with E-state index in [1.165, 1.54) is 4.90 Å². The highest BCUT2D eigenvalue weighted by molar-refractivity contribution is 5.76. The molecule has 3 aromatic rings. The lowest BCUT2D eigenvalue weighted by Crippen LogP contribution is -2.56. The first kappa shape index (κ1) is 29.8. The highest BCUT2D eigenvalue weighted by Crippen LogP contribution is 2.42.